The van der Waals surface area contributed by atoms with E-state index in [1.807, 2.05) is 13.8 Å². The Hall–Kier alpha value is -0.920. The van der Waals surface area contributed by atoms with E-state index in [2.05, 4.69) is 9.88 Å². The Bertz CT molecular complexity index is 504. The van der Waals surface area contributed by atoms with Crippen LogP contribution in [0.5, 0.6) is 0 Å². The molecule has 1 fully saturated rings. The number of primary sulfonamides is 1. The molecule has 1 aromatic heterocycles. The summed E-state index contributed by atoms with van der Waals surface area (Å²) in [6.07, 6.45) is 1.84. The molecule has 1 aromatic rings. The molecule has 1 aliphatic heterocycles. The SMILES string of the molecule is Cc1nc(CN2CCC[C@H]2CS(N)(=O)=O)oc1C. The summed E-state index contributed by atoms with van der Waals surface area (Å²) in [5.74, 6) is 1.46. The highest BCUT2D eigenvalue weighted by Gasteiger charge is 2.29. The number of aryl methyl sites for hydroxylation is 2. The van der Waals surface area contributed by atoms with E-state index in [1.165, 1.54) is 0 Å². The first-order valence-corrected chi connectivity index (χ1v) is 7.74. The van der Waals surface area contributed by atoms with Gasteiger partial charge in [-0.3, -0.25) is 4.90 Å². The molecule has 0 unspecified atom stereocenters. The Balaban J connectivity index is 2.04. The second kappa shape index (κ2) is 4.99. The fraction of sp³-hybridized carbons (Fsp3) is 0.727. The number of sulfonamides is 1. The summed E-state index contributed by atoms with van der Waals surface area (Å²) < 4.78 is 27.8. The van der Waals surface area contributed by atoms with Gasteiger partial charge in [0.25, 0.3) is 0 Å². The van der Waals surface area contributed by atoms with Crippen LogP contribution in [0.25, 0.3) is 0 Å². The zero-order chi connectivity index (χ0) is 13.3. The lowest BCUT2D eigenvalue weighted by Crippen LogP contribution is -2.37. The van der Waals surface area contributed by atoms with E-state index in [-0.39, 0.29) is 11.8 Å². The van der Waals surface area contributed by atoms with Crippen molar-refractivity contribution in [3.8, 4) is 0 Å². The number of nitrogens with zero attached hydrogens (tertiary/aromatic N) is 2. The molecule has 18 heavy (non-hydrogen) atoms. The molecule has 1 aliphatic rings. The highest BCUT2D eigenvalue weighted by Crippen LogP contribution is 2.21. The van der Waals surface area contributed by atoms with Crippen LogP contribution >= 0.6 is 0 Å². The van der Waals surface area contributed by atoms with Gasteiger partial charge in [0.05, 0.1) is 18.0 Å². The van der Waals surface area contributed by atoms with Gasteiger partial charge in [-0.1, -0.05) is 0 Å². The number of likely N-dealkylation sites (tertiary alicyclic amines) is 1. The highest BCUT2D eigenvalue weighted by molar-refractivity contribution is 7.89. The number of hydrogen-bond acceptors (Lipinski definition) is 5. The van der Waals surface area contributed by atoms with Crippen molar-refractivity contribution in [2.45, 2.75) is 39.3 Å². The van der Waals surface area contributed by atoms with E-state index in [0.717, 1.165) is 30.8 Å². The molecule has 1 saturated heterocycles. The summed E-state index contributed by atoms with van der Waals surface area (Å²) in [7, 11) is -3.43. The Kier molecular flexibility index (Phi) is 3.74. The average Bonchev–Trinajstić information content (AvgIpc) is 2.74. The number of nitrogens with two attached hydrogens (primary N) is 1. The van der Waals surface area contributed by atoms with Crippen molar-refractivity contribution in [2.75, 3.05) is 12.3 Å². The second-order valence-corrected chi connectivity index (χ2v) is 6.50. The molecule has 7 heteroatoms. The van der Waals surface area contributed by atoms with Crippen molar-refractivity contribution in [3.05, 3.63) is 17.3 Å². The second-order valence-electron chi connectivity index (χ2n) is 4.85. The smallest absolute Gasteiger partial charge is 0.210 e. The van der Waals surface area contributed by atoms with Gasteiger partial charge in [-0.05, 0) is 33.2 Å². The van der Waals surface area contributed by atoms with Crippen molar-refractivity contribution in [1.82, 2.24) is 9.88 Å². The fourth-order valence-corrected chi connectivity index (χ4v) is 3.25. The lowest BCUT2D eigenvalue weighted by atomic mass is 10.2. The maximum atomic E-state index is 11.2. The quantitative estimate of drug-likeness (QED) is 0.865. The van der Waals surface area contributed by atoms with E-state index in [4.69, 9.17) is 9.56 Å². The molecule has 2 heterocycles. The third-order valence-corrected chi connectivity index (χ3v) is 4.18. The zero-order valence-electron chi connectivity index (χ0n) is 10.7. The Morgan fingerprint density at radius 3 is 2.78 bits per heavy atom. The van der Waals surface area contributed by atoms with E-state index >= 15 is 0 Å². The summed E-state index contributed by atoms with van der Waals surface area (Å²) in [5.41, 5.74) is 0.882. The van der Waals surface area contributed by atoms with Crippen LogP contribution in [0.3, 0.4) is 0 Å². The predicted molar refractivity (Wildman–Crippen MR) is 67.4 cm³/mol. The normalized spacial score (nSPS) is 21.6. The van der Waals surface area contributed by atoms with Gasteiger partial charge in [0, 0.05) is 6.04 Å². The fourth-order valence-electron chi connectivity index (χ4n) is 2.34. The average molecular weight is 273 g/mol. The largest absolute Gasteiger partial charge is 0.444 e. The van der Waals surface area contributed by atoms with Crippen molar-refractivity contribution in [1.29, 1.82) is 0 Å². The molecule has 0 amide bonds. The molecule has 0 saturated carbocycles. The van der Waals surface area contributed by atoms with Crippen molar-refractivity contribution >= 4 is 10.0 Å². The summed E-state index contributed by atoms with van der Waals surface area (Å²) in [6, 6.07) is -0.0208. The Morgan fingerprint density at radius 1 is 1.50 bits per heavy atom. The van der Waals surface area contributed by atoms with Crippen LogP contribution < -0.4 is 5.14 Å². The minimum absolute atomic E-state index is 0.00563. The first-order chi connectivity index (χ1) is 8.35. The van der Waals surface area contributed by atoms with Crippen LogP contribution in [-0.4, -0.2) is 36.6 Å². The third-order valence-electron chi connectivity index (χ3n) is 3.33. The van der Waals surface area contributed by atoms with Crippen LogP contribution in [0, 0.1) is 13.8 Å². The summed E-state index contributed by atoms with van der Waals surface area (Å²) in [6.45, 7) is 5.18. The molecule has 0 spiro atoms. The molecule has 0 aromatic carbocycles. The van der Waals surface area contributed by atoms with Gasteiger partial charge in [0.15, 0.2) is 0 Å². The molecule has 0 radical (unpaired) electrons. The molecule has 2 rings (SSSR count). The van der Waals surface area contributed by atoms with Gasteiger partial charge in [-0.25, -0.2) is 18.5 Å². The van der Waals surface area contributed by atoms with Gasteiger partial charge >= 0.3 is 0 Å². The third kappa shape index (κ3) is 3.30. The number of oxazole rings is 1. The molecular weight excluding hydrogens is 254 g/mol. The maximum Gasteiger partial charge on any atom is 0.210 e. The van der Waals surface area contributed by atoms with Crippen molar-refractivity contribution < 1.29 is 12.8 Å². The first kappa shape index (κ1) is 13.5. The minimum atomic E-state index is -3.43. The molecule has 0 bridgehead atoms. The molecule has 102 valence electrons. The van der Waals surface area contributed by atoms with E-state index in [0.29, 0.717) is 12.4 Å². The summed E-state index contributed by atoms with van der Waals surface area (Å²) in [4.78, 5) is 6.39. The molecule has 0 aliphatic carbocycles. The van der Waals surface area contributed by atoms with Gasteiger partial charge in [0.1, 0.15) is 5.76 Å². The van der Waals surface area contributed by atoms with Crippen LogP contribution in [-0.2, 0) is 16.6 Å². The number of hydrogen-bond donors (Lipinski definition) is 1. The van der Waals surface area contributed by atoms with Crippen LogP contribution in [0.4, 0.5) is 0 Å². The molecular formula is C11H19N3O3S. The topological polar surface area (TPSA) is 89.4 Å². The maximum absolute atomic E-state index is 11.2. The van der Waals surface area contributed by atoms with Gasteiger partial charge in [-0.15, -0.1) is 0 Å². The van der Waals surface area contributed by atoms with E-state index < -0.39 is 10.0 Å². The standard InChI is InChI=1S/C11H19N3O3S/c1-8-9(2)17-11(13-8)6-14-5-3-4-10(14)7-18(12,15)16/h10H,3-7H2,1-2H3,(H2,12,15,16)/t10-/m0/s1. The van der Waals surface area contributed by atoms with Crippen LogP contribution in [0.1, 0.15) is 30.2 Å². The van der Waals surface area contributed by atoms with Crippen LogP contribution in [0.2, 0.25) is 0 Å². The van der Waals surface area contributed by atoms with Crippen molar-refractivity contribution in [2.24, 2.45) is 5.14 Å². The molecule has 6 nitrogen and oxygen atoms in total. The van der Waals surface area contributed by atoms with Crippen molar-refractivity contribution in [3.63, 3.8) is 0 Å². The summed E-state index contributed by atoms with van der Waals surface area (Å²) >= 11 is 0. The zero-order valence-corrected chi connectivity index (χ0v) is 11.5. The molecule has 2 N–H and O–H groups in total. The van der Waals surface area contributed by atoms with Gasteiger partial charge in [-0.2, -0.15) is 0 Å². The lowest BCUT2D eigenvalue weighted by molar-refractivity contribution is 0.233. The summed E-state index contributed by atoms with van der Waals surface area (Å²) in [5, 5.41) is 5.11. The van der Waals surface area contributed by atoms with Gasteiger partial charge < -0.3 is 4.42 Å². The molecule has 1 atom stereocenters. The van der Waals surface area contributed by atoms with Crippen LogP contribution in [0.15, 0.2) is 4.42 Å². The first-order valence-electron chi connectivity index (χ1n) is 6.02. The van der Waals surface area contributed by atoms with E-state index in [1.54, 1.807) is 0 Å². The number of rotatable bonds is 4. The number of aromatic nitrogens is 1. The monoisotopic (exact) mass is 273 g/mol. The Labute approximate surface area is 107 Å². The highest BCUT2D eigenvalue weighted by atomic mass is 32.2. The minimum Gasteiger partial charge on any atom is -0.444 e. The lowest BCUT2D eigenvalue weighted by Gasteiger charge is -2.21. The predicted octanol–water partition coefficient (Wildman–Crippen LogP) is 0.544. The Morgan fingerprint density at radius 2 is 2.22 bits per heavy atom. The van der Waals surface area contributed by atoms with E-state index in [9.17, 15) is 8.42 Å². The van der Waals surface area contributed by atoms with Gasteiger partial charge in [0.2, 0.25) is 15.9 Å².